The minimum Gasteiger partial charge on any atom is -0.493 e. The number of carboxylic acid groups (broad SMARTS) is 2. The molecule has 0 saturated heterocycles. The second-order valence-electron chi connectivity index (χ2n) is 11.1. The number of aromatic nitrogens is 1. The highest BCUT2D eigenvalue weighted by molar-refractivity contribution is 6.01. The molecule has 1 atom stereocenters. The van der Waals surface area contributed by atoms with Crippen LogP contribution in [0.1, 0.15) is 39.5 Å². The van der Waals surface area contributed by atoms with E-state index in [-0.39, 0.29) is 5.88 Å². The van der Waals surface area contributed by atoms with Gasteiger partial charge < -0.3 is 30.0 Å². The van der Waals surface area contributed by atoms with Gasteiger partial charge in [-0.05, 0) is 60.0 Å². The monoisotopic (exact) mass is 628 g/mol. The van der Waals surface area contributed by atoms with Gasteiger partial charge in [0.15, 0.2) is 6.04 Å². The number of hydrogen-bond acceptors (Lipinski definition) is 5. The third kappa shape index (κ3) is 6.64. The summed E-state index contributed by atoms with van der Waals surface area (Å²) in [4.78, 5) is 39.8. The Hall–Kier alpha value is -6.09. The lowest BCUT2D eigenvalue weighted by atomic mass is 9.95. The average molecular weight is 629 g/mol. The number of fused-ring (bicyclic) bond motifs is 2. The van der Waals surface area contributed by atoms with Crippen molar-refractivity contribution in [1.82, 2.24) is 10.3 Å². The summed E-state index contributed by atoms with van der Waals surface area (Å²) in [5.41, 5.74) is 4.59. The number of carbonyl (C=O) groups excluding carboxylic acids is 1. The van der Waals surface area contributed by atoms with Crippen LogP contribution in [0.3, 0.4) is 0 Å². The summed E-state index contributed by atoms with van der Waals surface area (Å²) in [6.07, 6.45) is -0.311. The van der Waals surface area contributed by atoms with Gasteiger partial charge >= 0.3 is 12.1 Å². The molecule has 9 heteroatoms. The standard InChI is InChI=1S/C38H32N2O7/c1-23-22-26(35(41)39-33(37(42)43)25-11-3-2-4-12-25)19-20-27(23)29-15-8-16-30-31(36(40-34(29)30)47-38(44)45)17-9-21-46-32-18-7-13-24-10-5-6-14-28(24)32/h2-8,10-16,18-20,22,33,40H,9,17,21H2,1H3,(H,39,41)(H,42,43)(H,44,45)/t33-/m0/s1. The largest absolute Gasteiger partial charge is 0.512 e. The van der Waals surface area contributed by atoms with Crippen LogP contribution in [0.5, 0.6) is 11.6 Å². The molecule has 6 rings (SSSR count). The number of aliphatic carboxylic acids is 1. The van der Waals surface area contributed by atoms with Crippen molar-refractivity contribution in [3.63, 3.8) is 0 Å². The first-order valence-corrected chi connectivity index (χ1v) is 15.1. The first kappa shape index (κ1) is 30.9. The second kappa shape index (κ2) is 13.5. The van der Waals surface area contributed by atoms with Gasteiger partial charge in [-0.1, -0.05) is 91.0 Å². The third-order valence-corrected chi connectivity index (χ3v) is 8.10. The molecule has 0 bridgehead atoms. The quantitative estimate of drug-likeness (QED) is 0.0845. The Kier molecular flexibility index (Phi) is 8.88. The number of hydrogen-bond donors (Lipinski definition) is 4. The minimum atomic E-state index is -1.42. The molecule has 6 aromatic rings. The van der Waals surface area contributed by atoms with E-state index in [1.807, 2.05) is 67.6 Å². The smallest absolute Gasteiger partial charge is 0.493 e. The Bertz CT molecular complexity index is 2100. The molecule has 9 nitrogen and oxygen atoms in total. The number of amides is 1. The summed E-state index contributed by atoms with van der Waals surface area (Å²) >= 11 is 0. The predicted octanol–water partition coefficient (Wildman–Crippen LogP) is 7.92. The fourth-order valence-corrected chi connectivity index (χ4v) is 5.90. The number of nitrogens with one attached hydrogen (secondary N) is 2. The maximum atomic E-state index is 13.1. The zero-order valence-electron chi connectivity index (χ0n) is 25.5. The van der Waals surface area contributed by atoms with Crippen LogP contribution in [0, 0.1) is 6.92 Å². The van der Waals surface area contributed by atoms with E-state index in [0.717, 1.165) is 44.2 Å². The van der Waals surface area contributed by atoms with Crippen LogP contribution < -0.4 is 14.8 Å². The molecular formula is C38H32N2O7. The van der Waals surface area contributed by atoms with Crippen molar-refractivity contribution < 1.29 is 34.1 Å². The van der Waals surface area contributed by atoms with E-state index in [4.69, 9.17) is 9.47 Å². The van der Waals surface area contributed by atoms with Crippen LogP contribution in [0.15, 0.2) is 109 Å². The highest BCUT2D eigenvalue weighted by Crippen LogP contribution is 2.37. The number of aryl methyl sites for hydroxylation is 2. The van der Waals surface area contributed by atoms with E-state index in [0.29, 0.717) is 36.1 Å². The molecule has 1 heterocycles. The Labute approximate surface area is 270 Å². The minimum absolute atomic E-state index is 0.152. The Morgan fingerprint density at radius 3 is 2.30 bits per heavy atom. The fourth-order valence-electron chi connectivity index (χ4n) is 5.90. The molecule has 1 aromatic heterocycles. The zero-order valence-corrected chi connectivity index (χ0v) is 25.5. The molecule has 0 aliphatic carbocycles. The molecule has 47 heavy (non-hydrogen) atoms. The highest BCUT2D eigenvalue weighted by atomic mass is 16.7. The summed E-state index contributed by atoms with van der Waals surface area (Å²) < 4.78 is 11.3. The van der Waals surface area contributed by atoms with Crippen molar-refractivity contribution in [2.24, 2.45) is 0 Å². The summed E-state index contributed by atoms with van der Waals surface area (Å²) in [6.45, 7) is 2.28. The SMILES string of the molecule is Cc1cc(C(=O)N[C@H](C(=O)O)c2ccccc2)ccc1-c1cccc2c(CCCOc3cccc4ccccc34)c(OC(=O)O)[nH]c12. The summed E-state index contributed by atoms with van der Waals surface area (Å²) in [7, 11) is 0. The van der Waals surface area contributed by atoms with Gasteiger partial charge in [-0.2, -0.15) is 0 Å². The highest BCUT2D eigenvalue weighted by Gasteiger charge is 2.23. The topological polar surface area (TPSA) is 138 Å². The lowest BCUT2D eigenvalue weighted by Crippen LogP contribution is -2.33. The average Bonchev–Trinajstić information content (AvgIpc) is 3.42. The van der Waals surface area contributed by atoms with E-state index in [9.17, 15) is 24.6 Å². The van der Waals surface area contributed by atoms with Gasteiger partial charge in [0, 0.05) is 27.5 Å². The van der Waals surface area contributed by atoms with Crippen LogP contribution in [-0.4, -0.2) is 39.8 Å². The molecule has 0 saturated carbocycles. The van der Waals surface area contributed by atoms with Gasteiger partial charge in [0.25, 0.3) is 5.91 Å². The maximum Gasteiger partial charge on any atom is 0.512 e. The Balaban J connectivity index is 1.24. The van der Waals surface area contributed by atoms with Gasteiger partial charge in [-0.25, -0.2) is 9.59 Å². The van der Waals surface area contributed by atoms with Gasteiger partial charge in [-0.3, -0.25) is 4.79 Å². The summed E-state index contributed by atoms with van der Waals surface area (Å²) in [5.74, 6) is -0.734. The van der Waals surface area contributed by atoms with Crippen LogP contribution in [0.4, 0.5) is 4.79 Å². The maximum absolute atomic E-state index is 13.1. The van der Waals surface area contributed by atoms with E-state index < -0.39 is 24.1 Å². The van der Waals surface area contributed by atoms with Gasteiger partial charge in [0.1, 0.15) is 5.75 Å². The molecule has 5 aromatic carbocycles. The summed E-state index contributed by atoms with van der Waals surface area (Å²) in [6, 6.07) is 32.1. The first-order chi connectivity index (χ1) is 22.8. The number of carboxylic acids is 1. The number of ether oxygens (including phenoxy) is 2. The molecule has 0 radical (unpaired) electrons. The van der Waals surface area contributed by atoms with Gasteiger partial charge in [-0.15, -0.1) is 0 Å². The molecule has 236 valence electrons. The third-order valence-electron chi connectivity index (χ3n) is 8.10. The van der Waals surface area contributed by atoms with Crippen molar-refractivity contribution in [1.29, 1.82) is 0 Å². The molecule has 0 spiro atoms. The zero-order chi connectivity index (χ0) is 32.9. The molecule has 0 fully saturated rings. The van der Waals surface area contributed by atoms with Crippen molar-refractivity contribution in [2.75, 3.05) is 6.61 Å². The normalized spacial score (nSPS) is 11.7. The van der Waals surface area contributed by atoms with Crippen LogP contribution in [0.25, 0.3) is 32.8 Å². The lowest BCUT2D eigenvalue weighted by Gasteiger charge is -2.16. The number of H-pyrrole nitrogens is 1. The number of aromatic amines is 1. The number of rotatable bonds is 11. The van der Waals surface area contributed by atoms with Crippen molar-refractivity contribution in [3.05, 3.63) is 131 Å². The number of benzene rings is 5. The van der Waals surface area contributed by atoms with Crippen molar-refractivity contribution in [2.45, 2.75) is 25.8 Å². The molecular weight excluding hydrogens is 596 g/mol. The van der Waals surface area contributed by atoms with Crippen LogP contribution >= 0.6 is 0 Å². The lowest BCUT2D eigenvalue weighted by molar-refractivity contribution is -0.139. The Morgan fingerprint density at radius 1 is 0.809 bits per heavy atom. The van der Waals surface area contributed by atoms with E-state index in [1.54, 1.807) is 48.5 Å². The fraction of sp³-hybridized carbons (Fsp3) is 0.132. The summed E-state index contributed by atoms with van der Waals surface area (Å²) in [5, 5.41) is 24.8. The second-order valence-corrected chi connectivity index (χ2v) is 11.1. The molecule has 4 N–H and O–H groups in total. The molecule has 1 amide bonds. The molecule has 0 unspecified atom stereocenters. The Morgan fingerprint density at radius 2 is 1.53 bits per heavy atom. The van der Waals surface area contributed by atoms with E-state index in [1.165, 1.54) is 0 Å². The van der Waals surface area contributed by atoms with Gasteiger partial charge in [0.2, 0.25) is 5.88 Å². The number of para-hydroxylation sites is 1. The van der Waals surface area contributed by atoms with Crippen molar-refractivity contribution >= 4 is 39.7 Å². The molecule has 0 aliphatic rings. The van der Waals surface area contributed by atoms with Crippen molar-refractivity contribution in [3.8, 4) is 22.8 Å². The molecule has 0 aliphatic heterocycles. The van der Waals surface area contributed by atoms with Crippen LogP contribution in [0.2, 0.25) is 0 Å². The van der Waals surface area contributed by atoms with Gasteiger partial charge in [0.05, 0.1) is 12.1 Å². The number of carbonyl (C=O) groups is 3. The van der Waals surface area contributed by atoms with E-state index in [2.05, 4.69) is 10.3 Å². The van der Waals surface area contributed by atoms with Crippen LogP contribution in [-0.2, 0) is 11.2 Å². The predicted molar refractivity (Wildman–Crippen MR) is 179 cm³/mol. The first-order valence-electron chi connectivity index (χ1n) is 15.1. The van der Waals surface area contributed by atoms with E-state index >= 15 is 0 Å².